The van der Waals surface area contributed by atoms with E-state index in [1.165, 1.54) is 0 Å². The zero-order chi connectivity index (χ0) is 28.0. The Bertz CT molecular complexity index is 914. The van der Waals surface area contributed by atoms with Gasteiger partial charge in [-0.15, -0.1) is 0 Å². The zero-order valence-electron chi connectivity index (χ0n) is 21.4. The molecule has 4 atom stereocenters. The third kappa shape index (κ3) is 12.6. The zero-order valence-corrected chi connectivity index (χ0v) is 22.3. The normalized spacial score (nSPS) is 14.2. The van der Waals surface area contributed by atoms with E-state index < -0.39 is 60.2 Å². The number of nitrogens with two attached hydrogens (primary N) is 1. The number of carboxylic acid groups (broad SMARTS) is 2. The molecule has 0 radical (unpaired) electrons. The fourth-order valence-electron chi connectivity index (χ4n) is 3.49. The molecule has 37 heavy (non-hydrogen) atoms. The topological polar surface area (TPSA) is 188 Å². The molecule has 1 aromatic carbocycles. The molecule has 0 aromatic heterocycles. The van der Waals surface area contributed by atoms with Crippen LogP contribution in [0.15, 0.2) is 30.3 Å². The van der Waals surface area contributed by atoms with E-state index in [0.717, 1.165) is 5.56 Å². The fraction of sp³-hybridized carbons (Fsp3) is 0.560. The molecule has 3 amide bonds. The highest BCUT2D eigenvalue weighted by Crippen LogP contribution is 2.10. The number of thioether (sulfide) groups is 1. The molecule has 0 aliphatic carbocycles. The highest BCUT2D eigenvalue weighted by Gasteiger charge is 2.31. The van der Waals surface area contributed by atoms with Crippen LogP contribution in [0.5, 0.6) is 0 Å². The largest absolute Gasteiger partial charge is 0.481 e. The molecule has 0 saturated carbocycles. The van der Waals surface area contributed by atoms with Crippen LogP contribution in [-0.4, -0.2) is 76.0 Å². The minimum Gasteiger partial charge on any atom is -0.481 e. The summed E-state index contributed by atoms with van der Waals surface area (Å²) in [6.45, 7) is 3.67. The van der Waals surface area contributed by atoms with E-state index in [1.54, 1.807) is 36.0 Å². The molecule has 12 heteroatoms. The molecule has 0 saturated heterocycles. The van der Waals surface area contributed by atoms with Crippen molar-refractivity contribution in [3.05, 3.63) is 35.9 Å². The van der Waals surface area contributed by atoms with Crippen molar-refractivity contribution in [1.29, 1.82) is 0 Å². The molecule has 206 valence electrons. The molecular formula is C25H38N4O7S. The quantitative estimate of drug-likeness (QED) is 0.166. The van der Waals surface area contributed by atoms with Crippen molar-refractivity contribution < 1.29 is 34.2 Å². The van der Waals surface area contributed by atoms with Crippen molar-refractivity contribution in [2.45, 2.75) is 70.1 Å². The first-order valence-corrected chi connectivity index (χ1v) is 13.5. The Labute approximate surface area is 221 Å². The van der Waals surface area contributed by atoms with Crippen LogP contribution in [-0.2, 0) is 30.4 Å². The second kappa shape index (κ2) is 16.6. The molecule has 7 N–H and O–H groups in total. The summed E-state index contributed by atoms with van der Waals surface area (Å²) in [5.41, 5.74) is 6.76. The van der Waals surface area contributed by atoms with E-state index in [9.17, 15) is 29.1 Å². The van der Waals surface area contributed by atoms with Crippen molar-refractivity contribution in [3.63, 3.8) is 0 Å². The van der Waals surface area contributed by atoms with Crippen LogP contribution >= 0.6 is 11.8 Å². The summed E-state index contributed by atoms with van der Waals surface area (Å²) in [5.74, 6) is -3.79. The number of carbonyl (C=O) groups excluding carboxylic acids is 3. The van der Waals surface area contributed by atoms with Gasteiger partial charge in [0.05, 0.1) is 6.04 Å². The minimum absolute atomic E-state index is 0.0412. The highest BCUT2D eigenvalue weighted by molar-refractivity contribution is 7.98. The Morgan fingerprint density at radius 3 is 1.97 bits per heavy atom. The van der Waals surface area contributed by atoms with Gasteiger partial charge in [-0.3, -0.25) is 19.2 Å². The van der Waals surface area contributed by atoms with E-state index in [1.807, 2.05) is 26.2 Å². The predicted molar refractivity (Wildman–Crippen MR) is 141 cm³/mol. The minimum atomic E-state index is -1.43. The van der Waals surface area contributed by atoms with Crippen LogP contribution in [0.25, 0.3) is 0 Å². The fourth-order valence-corrected chi connectivity index (χ4v) is 3.98. The number of carbonyl (C=O) groups is 5. The maximum Gasteiger partial charge on any atom is 0.326 e. The maximum atomic E-state index is 13.3. The number of hydrogen-bond donors (Lipinski definition) is 6. The van der Waals surface area contributed by atoms with Gasteiger partial charge in [0.1, 0.15) is 18.1 Å². The van der Waals surface area contributed by atoms with Crippen LogP contribution in [0.4, 0.5) is 0 Å². The van der Waals surface area contributed by atoms with Crippen molar-refractivity contribution >= 4 is 41.4 Å². The van der Waals surface area contributed by atoms with Crippen molar-refractivity contribution in [1.82, 2.24) is 16.0 Å². The van der Waals surface area contributed by atoms with Crippen molar-refractivity contribution in [3.8, 4) is 0 Å². The van der Waals surface area contributed by atoms with Crippen LogP contribution in [0.2, 0.25) is 0 Å². The summed E-state index contributed by atoms with van der Waals surface area (Å²) in [7, 11) is 0. The maximum absolute atomic E-state index is 13.3. The molecule has 0 fully saturated rings. The third-order valence-electron chi connectivity index (χ3n) is 5.49. The Morgan fingerprint density at radius 1 is 0.865 bits per heavy atom. The van der Waals surface area contributed by atoms with Gasteiger partial charge < -0.3 is 31.9 Å². The van der Waals surface area contributed by atoms with E-state index in [-0.39, 0.29) is 25.2 Å². The van der Waals surface area contributed by atoms with E-state index in [2.05, 4.69) is 16.0 Å². The first kappa shape index (κ1) is 31.9. The van der Waals surface area contributed by atoms with Gasteiger partial charge in [0.25, 0.3) is 0 Å². The van der Waals surface area contributed by atoms with E-state index in [0.29, 0.717) is 12.2 Å². The van der Waals surface area contributed by atoms with E-state index in [4.69, 9.17) is 10.8 Å². The molecule has 0 heterocycles. The van der Waals surface area contributed by atoms with Gasteiger partial charge in [0.15, 0.2) is 0 Å². The number of amides is 3. The van der Waals surface area contributed by atoms with Crippen LogP contribution in [0, 0.1) is 5.92 Å². The van der Waals surface area contributed by atoms with Crippen LogP contribution < -0.4 is 21.7 Å². The second-order valence-corrected chi connectivity index (χ2v) is 10.1. The Morgan fingerprint density at radius 2 is 1.43 bits per heavy atom. The van der Waals surface area contributed by atoms with Crippen LogP contribution in [0.3, 0.4) is 0 Å². The average Bonchev–Trinajstić information content (AvgIpc) is 2.83. The molecule has 1 rings (SSSR count). The number of nitrogens with one attached hydrogen (secondary N) is 3. The monoisotopic (exact) mass is 538 g/mol. The van der Waals surface area contributed by atoms with Gasteiger partial charge in [0, 0.05) is 12.8 Å². The summed E-state index contributed by atoms with van der Waals surface area (Å²) in [5, 5.41) is 25.9. The Balaban J connectivity index is 3.07. The SMILES string of the molecule is CSCC[C@@H](N)C(=O)N[C@H](Cc1ccccc1)C(=O)N[C@H](CC(C)C)C(=O)N[C@H](CCC(=O)O)C(=O)O. The molecule has 0 unspecified atom stereocenters. The summed E-state index contributed by atoms with van der Waals surface area (Å²) in [6.07, 6.45) is 1.92. The molecule has 1 aromatic rings. The molecule has 0 spiro atoms. The molecule has 0 aliphatic rings. The number of hydrogen-bond acceptors (Lipinski definition) is 7. The lowest BCUT2D eigenvalue weighted by Crippen LogP contribution is -2.57. The van der Waals surface area contributed by atoms with E-state index >= 15 is 0 Å². The van der Waals surface area contributed by atoms with Gasteiger partial charge >= 0.3 is 11.9 Å². The van der Waals surface area contributed by atoms with Gasteiger partial charge in [-0.1, -0.05) is 44.2 Å². The van der Waals surface area contributed by atoms with Crippen molar-refractivity contribution in [2.75, 3.05) is 12.0 Å². The van der Waals surface area contributed by atoms with Gasteiger partial charge in [0.2, 0.25) is 17.7 Å². The Kier molecular flexibility index (Phi) is 14.3. The molecular weight excluding hydrogens is 500 g/mol. The summed E-state index contributed by atoms with van der Waals surface area (Å²) in [4.78, 5) is 61.3. The number of aliphatic carboxylic acids is 2. The highest BCUT2D eigenvalue weighted by atomic mass is 32.2. The van der Waals surface area contributed by atoms with Gasteiger partial charge in [-0.25, -0.2) is 4.79 Å². The molecule has 0 bridgehead atoms. The molecule has 0 aliphatic heterocycles. The van der Waals surface area contributed by atoms with Crippen molar-refractivity contribution in [2.24, 2.45) is 11.7 Å². The number of rotatable bonds is 17. The predicted octanol–water partition coefficient (Wildman–Crippen LogP) is 0.759. The number of benzene rings is 1. The first-order chi connectivity index (χ1) is 17.4. The summed E-state index contributed by atoms with van der Waals surface area (Å²) in [6, 6.07) is 4.67. The van der Waals surface area contributed by atoms with Gasteiger partial charge in [-0.2, -0.15) is 11.8 Å². The lowest BCUT2D eigenvalue weighted by atomic mass is 10.00. The smallest absolute Gasteiger partial charge is 0.326 e. The average molecular weight is 539 g/mol. The molecule has 11 nitrogen and oxygen atoms in total. The lowest BCUT2D eigenvalue weighted by molar-refractivity contribution is -0.143. The van der Waals surface area contributed by atoms with Crippen LogP contribution in [0.1, 0.15) is 45.1 Å². The number of carboxylic acids is 2. The first-order valence-electron chi connectivity index (χ1n) is 12.1. The third-order valence-corrected chi connectivity index (χ3v) is 6.13. The summed E-state index contributed by atoms with van der Waals surface area (Å²) >= 11 is 1.55. The summed E-state index contributed by atoms with van der Waals surface area (Å²) < 4.78 is 0. The second-order valence-electron chi connectivity index (χ2n) is 9.16. The Hall–Kier alpha value is -3.12. The van der Waals surface area contributed by atoms with Gasteiger partial charge in [-0.05, 0) is 42.8 Å². The standard InChI is InChI=1S/C25H38N4O7S/c1-15(2)13-19(23(33)27-18(25(35)36)9-10-21(30)31)29-24(34)20(14-16-7-5-4-6-8-16)28-22(32)17(26)11-12-37-3/h4-8,15,17-20H,9-14,26H2,1-3H3,(H,27,33)(H,28,32)(H,29,34)(H,30,31)(H,35,36)/t17-,18-,19-,20-/m1/s1. The lowest BCUT2D eigenvalue weighted by Gasteiger charge is -2.26.